The van der Waals surface area contributed by atoms with Crippen molar-refractivity contribution >= 4 is 5.91 Å². The summed E-state index contributed by atoms with van der Waals surface area (Å²) in [4.78, 5) is 16.4. The lowest BCUT2D eigenvalue weighted by Crippen LogP contribution is -2.32. The molecule has 0 aliphatic carbocycles. The number of amides is 1. The van der Waals surface area contributed by atoms with Gasteiger partial charge in [-0.3, -0.25) is 9.69 Å². The van der Waals surface area contributed by atoms with Crippen molar-refractivity contribution in [2.75, 3.05) is 26.7 Å². The third kappa shape index (κ3) is 4.58. The number of hydrogen-bond acceptors (Lipinski definition) is 3. The molecule has 2 aromatic carbocycles. The maximum absolute atomic E-state index is 13.4. The minimum Gasteiger partial charge on any atom is -0.497 e. The average molecular weight is 360 g/mol. The molecule has 0 radical (unpaired) electrons. The van der Waals surface area contributed by atoms with Crippen molar-refractivity contribution in [1.29, 1.82) is 0 Å². The first-order valence-electron chi connectivity index (χ1n) is 8.62. The molecule has 26 heavy (non-hydrogen) atoms. The van der Waals surface area contributed by atoms with Gasteiger partial charge in [0, 0.05) is 39.1 Å². The Kier molecular flexibility index (Phi) is 5.83. The van der Waals surface area contributed by atoms with Crippen molar-refractivity contribution in [3.8, 4) is 5.75 Å². The Hall–Kier alpha value is -2.47. The minimum atomic E-state index is -0.843. The van der Waals surface area contributed by atoms with Gasteiger partial charge in [-0.15, -0.1) is 0 Å². The highest BCUT2D eigenvalue weighted by Gasteiger charge is 2.21. The highest BCUT2D eigenvalue weighted by Crippen LogP contribution is 2.17. The van der Waals surface area contributed by atoms with E-state index in [9.17, 15) is 13.6 Å². The van der Waals surface area contributed by atoms with Crippen LogP contribution in [-0.2, 0) is 17.9 Å². The van der Waals surface area contributed by atoms with Crippen molar-refractivity contribution in [3.05, 3.63) is 65.2 Å². The monoisotopic (exact) mass is 360 g/mol. The normalized spacial score (nSPS) is 15.8. The van der Waals surface area contributed by atoms with Crippen LogP contribution < -0.4 is 4.74 Å². The van der Waals surface area contributed by atoms with Crippen LogP contribution in [0.25, 0.3) is 0 Å². The zero-order chi connectivity index (χ0) is 18.5. The summed E-state index contributed by atoms with van der Waals surface area (Å²) in [6.07, 6.45) is 0.410. The number of halogens is 2. The van der Waals surface area contributed by atoms with Crippen LogP contribution in [-0.4, -0.2) is 42.5 Å². The van der Waals surface area contributed by atoms with Gasteiger partial charge in [0.2, 0.25) is 5.91 Å². The Bertz CT molecular complexity index is 782. The van der Waals surface area contributed by atoms with Crippen LogP contribution in [0, 0.1) is 11.6 Å². The van der Waals surface area contributed by atoms with Crippen LogP contribution in [0.3, 0.4) is 0 Å². The summed E-state index contributed by atoms with van der Waals surface area (Å²) in [6, 6.07) is 11.6. The number of benzene rings is 2. The molecule has 1 fully saturated rings. The number of hydrogen-bond donors (Lipinski definition) is 0. The number of methoxy groups -OCH3 is 1. The Balaban J connectivity index is 1.62. The molecule has 6 heteroatoms. The smallest absolute Gasteiger partial charge is 0.224 e. The highest BCUT2D eigenvalue weighted by atomic mass is 19.2. The first kappa shape index (κ1) is 18.3. The molecule has 0 saturated carbocycles. The van der Waals surface area contributed by atoms with Gasteiger partial charge in [-0.25, -0.2) is 8.78 Å². The van der Waals surface area contributed by atoms with Crippen LogP contribution in [0.4, 0.5) is 8.78 Å². The van der Waals surface area contributed by atoms with Gasteiger partial charge in [-0.05, 0) is 35.4 Å². The highest BCUT2D eigenvalue weighted by molar-refractivity contribution is 5.76. The van der Waals surface area contributed by atoms with Gasteiger partial charge in [-0.1, -0.05) is 18.2 Å². The summed E-state index contributed by atoms with van der Waals surface area (Å²) in [5, 5.41) is 0. The molecule has 0 N–H and O–H groups in total. The summed E-state index contributed by atoms with van der Waals surface area (Å²) >= 11 is 0. The van der Waals surface area contributed by atoms with E-state index in [4.69, 9.17) is 4.74 Å². The molecule has 138 valence electrons. The van der Waals surface area contributed by atoms with E-state index in [2.05, 4.69) is 4.90 Å². The molecule has 1 saturated heterocycles. The van der Waals surface area contributed by atoms with Gasteiger partial charge < -0.3 is 9.64 Å². The molecule has 1 amide bonds. The van der Waals surface area contributed by atoms with Crippen molar-refractivity contribution in [2.45, 2.75) is 19.5 Å². The van der Waals surface area contributed by atoms with Gasteiger partial charge in [0.1, 0.15) is 5.75 Å². The molecule has 2 aromatic rings. The van der Waals surface area contributed by atoms with E-state index < -0.39 is 11.6 Å². The molecule has 4 nitrogen and oxygen atoms in total. The molecule has 0 spiro atoms. The Labute approximate surface area is 152 Å². The third-order valence-electron chi connectivity index (χ3n) is 4.58. The van der Waals surface area contributed by atoms with Crippen LogP contribution in [0.2, 0.25) is 0 Å². The van der Waals surface area contributed by atoms with E-state index in [1.165, 1.54) is 6.07 Å². The fraction of sp³-hybridized carbons (Fsp3) is 0.350. The first-order chi connectivity index (χ1) is 12.5. The SMILES string of the molecule is COc1cccc(CN2CCN(Cc3ccc(F)c(F)c3)CCC2=O)c1. The summed E-state index contributed by atoms with van der Waals surface area (Å²) in [5.74, 6) is -0.817. The molecule has 0 aromatic heterocycles. The van der Waals surface area contributed by atoms with Crippen molar-refractivity contribution in [3.63, 3.8) is 0 Å². The maximum Gasteiger partial charge on any atom is 0.224 e. The second-order valence-electron chi connectivity index (χ2n) is 6.44. The summed E-state index contributed by atoms with van der Waals surface area (Å²) in [6.45, 7) is 2.92. The van der Waals surface area contributed by atoms with Crippen molar-refractivity contribution < 1.29 is 18.3 Å². The van der Waals surface area contributed by atoms with E-state index in [1.54, 1.807) is 13.2 Å². The molecule has 0 bridgehead atoms. The molecule has 1 heterocycles. The van der Waals surface area contributed by atoms with E-state index in [1.807, 2.05) is 29.2 Å². The summed E-state index contributed by atoms with van der Waals surface area (Å²) in [7, 11) is 1.62. The Morgan fingerprint density at radius 2 is 1.77 bits per heavy atom. The topological polar surface area (TPSA) is 32.8 Å². The number of ether oxygens (including phenoxy) is 1. The first-order valence-corrected chi connectivity index (χ1v) is 8.62. The molecule has 0 unspecified atom stereocenters. The van der Waals surface area contributed by atoms with E-state index >= 15 is 0 Å². The zero-order valence-corrected chi connectivity index (χ0v) is 14.8. The molecular formula is C20H22F2N2O2. The summed E-state index contributed by atoms with van der Waals surface area (Å²) < 4.78 is 31.7. The van der Waals surface area contributed by atoms with Crippen molar-refractivity contribution in [2.24, 2.45) is 0 Å². The van der Waals surface area contributed by atoms with Gasteiger partial charge in [0.05, 0.1) is 7.11 Å². The van der Waals surface area contributed by atoms with Gasteiger partial charge in [0.25, 0.3) is 0 Å². The minimum absolute atomic E-state index is 0.0978. The Morgan fingerprint density at radius 3 is 2.54 bits per heavy atom. The number of rotatable bonds is 5. The predicted octanol–water partition coefficient (Wildman–Crippen LogP) is 3.21. The van der Waals surface area contributed by atoms with E-state index in [-0.39, 0.29) is 5.91 Å². The predicted molar refractivity (Wildman–Crippen MR) is 94.7 cm³/mol. The van der Waals surface area contributed by atoms with E-state index in [0.717, 1.165) is 17.4 Å². The van der Waals surface area contributed by atoms with Crippen LogP contribution in [0.5, 0.6) is 5.75 Å². The molecule has 1 aliphatic heterocycles. The number of carbonyl (C=O) groups is 1. The molecule has 3 rings (SSSR count). The van der Waals surface area contributed by atoms with Crippen LogP contribution >= 0.6 is 0 Å². The zero-order valence-electron chi connectivity index (χ0n) is 14.8. The quantitative estimate of drug-likeness (QED) is 0.821. The second-order valence-corrected chi connectivity index (χ2v) is 6.44. The largest absolute Gasteiger partial charge is 0.497 e. The average Bonchev–Trinajstić information content (AvgIpc) is 2.81. The van der Waals surface area contributed by atoms with Crippen molar-refractivity contribution in [1.82, 2.24) is 9.80 Å². The van der Waals surface area contributed by atoms with Gasteiger partial charge in [0.15, 0.2) is 11.6 Å². The van der Waals surface area contributed by atoms with E-state index in [0.29, 0.717) is 44.7 Å². The lowest BCUT2D eigenvalue weighted by atomic mass is 10.2. The lowest BCUT2D eigenvalue weighted by Gasteiger charge is -2.22. The third-order valence-corrected chi connectivity index (χ3v) is 4.58. The molecular weight excluding hydrogens is 338 g/mol. The Morgan fingerprint density at radius 1 is 0.962 bits per heavy atom. The standard InChI is InChI=1S/C20H22F2N2O2/c1-26-17-4-2-3-15(11-17)14-24-10-9-23(8-7-20(24)25)13-16-5-6-18(21)19(22)12-16/h2-6,11-12H,7-10,13-14H2,1H3. The van der Waals surface area contributed by atoms with Gasteiger partial charge in [-0.2, -0.15) is 0 Å². The fourth-order valence-corrected chi connectivity index (χ4v) is 3.12. The summed E-state index contributed by atoms with van der Waals surface area (Å²) in [5.41, 5.74) is 1.73. The van der Waals surface area contributed by atoms with Crippen LogP contribution in [0.1, 0.15) is 17.5 Å². The molecule has 0 atom stereocenters. The van der Waals surface area contributed by atoms with Gasteiger partial charge >= 0.3 is 0 Å². The fourth-order valence-electron chi connectivity index (χ4n) is 3.12. The second kappa shape index (κ2) is 8.27. The number of carbonyl (C=O) groups excluding carboxylic acids is 1. The maximum atomic E-state index is 13.4. The van der Waals surface area contributed by atoms with Crippen LogP contribution in [0.15, 0.2) is 42.5 Å². The number of nitrogens with zero attached hydrogens (tertiary/aromatic N) is 2. The molecule has 1 aliphatic rings. The lowest BCUT2D eigenvalue weighted by molar-refractivity contribution is -0.130.